The Balaban J connectivity index is 2.83. The molecule has 1 N–H and O–H groups in total. The predicted octanol–water partition coefficient (Wildman–Crippen LogP) is 1.10. The molecule has 13 heavy (non-hydrogen) atoms. The van der Waals surface area contributed by atoms with E-state index in [2.05, 4.69) is 0 Å². The topological polar surface area (TPSA) is 46.2 Å². The lowest BCUT2D eigenvalue weighted by Gasteiger charge is -1.99. The summed E-state index contributed by atoms with van der Waals surface area (Å²) in [4.78, 5) is 21.6. The molecule has 0 aromatic heterocycles. The van der Waals surface area contributed by atoms with Gasteiger partial charge in [-0.1, -0.05) is 6.07 Å². The molecular weight excluding hydrogens is 173 g/mol. The van der Waals surface area contributed by atoms with Crippen LogP contribution in [0.3, 0.4) is 0 Å². The maximum atomic E-state index is 12.6. The number of benzene rings is 1. The van der Waals surface area contributed by atoms with Crippen molar-refractivity contribution < 1.29 is 14.0 Å². The third-order valence-corrected chi connectivity index (χ3v) is 1.38. The van der Waals surface area contributed by atoms with Gasteiger partial charge in [-0.05, 0) is 18.2 Å². The Morgan fingerprint density at radius 2 is 2.08 bits per heavy atom. The quantitative estimate of drug-likeness (QED) is 0.705. The van der Waals surface area contributed by atoms with E-state index in [0.717, 1.165) is 6.07 Å². The minimum absolute atomic E-state index is 0.134. The van der Waals surface area contributed by atoms with E-state index >= 15 is 0 Å². The van der Waals surface area contributed by atoms with Gasteiger partial charge in [-0.25, -0.2) is 4.39 Å². The van der Waals surface area contributed by atoms with E-state index in [1.54, 1.807) is 0 Å². The fourth-order valence-electron chi connectivity index (χ4n) is 0.862. The maximum Gasteiger partial charge on any atom is 0.257 e. The Morgan fingerprint density at radius 3 is 2.62 bits per heavy atom. The molecule has 0 unspecified atom stereocenters. The molecule has 0 aliphatic carbocycles. The minimum Gasteiger partial charge on any atom is -0.293 e. The van der Waals surface area contributed by atoms with Crippen molar-refractivity contribution in [3.05, 3.63) is 35.6 Å². The highest BCUT2D eigenvalue weighted by atomic mass is 19.1. The highest BCUT2D eigenvalue weighted by molar-refractivity contribution is 6.03. The summed E-state index contributed by atoms with van der Waals surface area (Å²) in [5, 5.41) is 2.04. The van der Waals surface area contributed by atoms with E-state index in [4.69, 9.17) is 0 Å². The van der Waals surface area contributed by atoms with Gasteiger partial charge in [0.25, 0.3) is 5.91 Å². The van der Waals surface area contributed by atoms with E-state index in [1.165, 1.54) is 25.1 Å². The number of amides is 2. The van der Waals surface area contributed by atoms with Crippen molar-refractivity contribution in [2.75, 3.05) is 0 Å². The van der Waals surface area contributed by atoms with E-state index in [1.807, 2.05) is 5.32 Å². The largest absolute Gasteiger partial charge is 0.293 e. The lowest BCUT2D eigenvalue weighted by Crippen LogP contribution is -2.27. The van der Waals surface area contributed by atoms with Crippen molar-refractivity contribution in [1.82, 2.24) is 5.32 Å². The number of hydrogen-bond acceptors (Lipinski definition) is 2. The zero-order valence-electron chi connectivity index (χ0n) is 7.00. The summed E-state index contributed by atoms with van der Waals surface area (Å²) in [5.41, 5.74) is 0.134. The van der Waals surface area contributed by atoms with Crippen LogP contribution in [0.5, 0.6) is 0 Å². The number of carbonyl (C=O) groups is 2. The van der Waals surface area contributed by atoms with E-state index in [0.29, 0.717) is 0 Å². The van der Waals surface area contributed by atoms with Crippen LogP contribution in [-0.4, -0.2) is 11.8 Å². The van der Waals surface area contributed by atoms with Crippen molar-refractivity contribution >= 4 is 11.8 Å². The molecule has 68 valence electrons. The van der Waals surface area contributed by atoms with Crippen molar-refractivity contribution in [2.24, 2.45) is 0 Å². The van der Waals surface area contributed by atoms with Crippen LogP contribution in [-0.2, 0) is 4.79 Å². The molecule has 0 fully saturated rings. The molecule has 3 nitrogen and oxygen atoms in total. The lowest BCUT2D eigenvalue weighted by molar-refractivity contribution is -0.118. The zero-order chi connectivity index (χ0) is 9.84. The summed E-state index contributed by atoms with van der Waals surface area (Å²) in [7, 11) is 0. The molecule has 4 heteroatoms. The van der Waals surface area contributed by atoms with Gasteiger partial charge in [0.05, 0.1) is 0 Å². The number of carbonyl (C=O) groups excluding carboxylic acids is 2. The first-order chi connectivity index (χ1) is 6.09. The monoisotopic (exact) mass is 181 g/mol. The van der Waals surface area contributed by atoms with E-state index < -0.39 is 17.6 Å². The second-order valence-corrected chi connectivity index (χ2v) is 2.52. The Morgan fingerprint density at radius 1 is 1.38 bits per heavy atom. The molecule has 0 bridgehead atoms. The first-order valence-electron chi connectivity index (χ1n) is 3.67. The molecule has 0 saturated carbocycles. The second kappa shape index (κ2) is 3.80. The van der Waals surface area contributed by atoms with Gasteiger partial charge in [0.2, 0.25) is 5.91 Å². The molecule has 1 aromatic rings. The smallest absolute Gasteiger partial charge is 0.257 e. The molecule has 0 heterocycles. The third-order valence-electron chi connectivity index (χ3n) is 1.38. The SMILES string of the molecule is CC(=O)NC(=O)c1cccc(F)c1. The van der Waals surface area contributed by atoms with Crippen LogP contribution in [0.25, 0.3) is 0 Å². The molecule has 0 radical (unpaired) electrons. The van der Waals surface area contributed by atoms with Crippen LogP contribution in [0, 0.1) is 5.82 Å². The Hall–Kier alpha value is -1.71. The molecule has 0 saturated heterocycles. The zero-order valence-corrected chi connectivity index (χ0v) is 7.00. The summed E-state index contributed by atoms with van der Waals surface area (Å²) in [6.45, 7) is 1.22. The van der Waals surface area contributed by atoms with Gasteiger partial charge < -0.3 is 0 Å². The molecular formula is C9H8FNO2. The maximum absolute atomic E-state index is 12.6. The minimum atomic E-state index is -0.591. The van der Waals surface area contributed by atoms with Crippen molar-refractivity contribution in [1.29, 1.82) is 0 Å². The van der Waals surface area contributed by atoms with E-state index in [9.17, 15) is 14.0 Å². The van der Waals surface area contributed by atoms with Crippen LogP contribution in [0.15, 0.2) is 24.3 Å². The summed E-state index contributed by atoms with van der Waals surface area (Å²) < 4.78 is 12.6. The fraction of sp³-hybridized carbons (Fsp3) is 0.111. The Labute approximate surface area is 74.6 Å². The fourth-order valence-corrected chi connectivity index (χ4v) is 0.862. The molecule has 0 atom stereocenters. The van der Waals surface area contributed by atoms with Crippen molar-refractivity contribution in [2.45, 2.75) is 6.92 Å². The van der Waals surface area contributed by atoms with Gasteiger partial charge in [-0.2, -0.15) is 0 Å². The van der Waals surface area contributed by atoms with Gasteiger partial charge in [0, 0.05) is 12.5 Å². The average molecular weight is 181 g/mol. The molecule has 1 aromatic carbocycles. The number of halogens is 1. The summed E-state index contributed by atoms with van der Waals surface area (Å²) >= 11 is 0. The van der Waals surface area contributed by atoms with Crippen molar-refractivity contribution in [3.63, 3.8) is 0 Å². The summed E-state index contributed by atoms with van der Waals surface area (Å²) in [6, 6.07) is 5.13. The van der Waals surface area contributed by atoms with Gasteiger partial charge in [-0.15, -0.1) is 0 Å². The Bertz CT molecular complexity index is 349. The summed E-state index contributed by atoms with van der Waals surface area (Å²) in [6.07, 6.45) is 0. The Kier molecular flexibility index (Phi) is 2.74. The average Bonchev–Trinajstić information content (AvgIpc) is 2.03. The number of nitrogens with one attached hydrogen (secondary N) is 1. The normalized spacial score (nSPS) is 9.38. The lowest BCUT2D eigenvalue weighted by atomic mass is 10.2. The predicted molar refractivity (Wildman–Crippen MR) is 44.5 cm³/mol. The van der Waals surface area contributed by atoms with Gasteiger partial charge >= 0.3 is 0 Å². The number of hydrogen-bond donors (Lipinski definition) is 1. The highest BCUT2D eigenvalue weighted by Crippen LogP contribution is 2.02. The standard InChI is InChI=1S/C9H8FNO2/c1-6(12)11-9(13)7-3-2-4-8(10)5-7/h2-5H,1H3,(H,11,12,13). The van der Waals surface area contributed by atoms with Gasteiger partial charge in [-0.3, -0.25) is 14.9 Å². The van der Waals surface area contributed by atoms with E-state index in [-0.39, 0.29) is 5.56 Å². The number of rotatable bonds is 1. The van der Waals surface area contributed by atoms with Crippen LogP contribution in [0.4, 0.5) is 4.39 Å². The molecule has 2 amide bonds. The summed E-state index contributed by atoms with van der Waals surface area (Å²) in [5.74, 6) is -1.56. The van der Waals surface area contributed by atoms with Crippen LogP contribution < -0.4 is 5.32 Å². The van der Waals surface area contributed by atoms with Gasteiger partial charge in [0.15, 0.2) is 0 Å². The molecule has 1 rings (SSSR count). The van der Waals surface area contributed by atoms with Crippen molar-refractivity contribution in [3.8, 4) is 0 Å². The first kappa shape index (κ1) is 9.38. The molecule has 0 spiro atoms. The second-order valence-electron chi connectivity index (χ2n) is 2.52. The van der Waals surface area contributed by atoms with Crippen LogP contribution >= 0.6 is 0 Å². The molecule has 0 aliphatic heterocycles. The van der Waals surface area contributed by atoms with Gasteiger partial charge in [0.1, 0.15) is 5.82 Å². The molecule has 0 aliphatic rings. The van der Waals surface area contributed by atoms with Crippen LogP contribution in [0.1, 0.15) is 17.3 Å². The third kappa shape index (κ3) is 2.66. The highest BCUT2D eigenvalue weighted by Gasteiger charge is 2.06. The number of imide groups is 1. The van der Waals surface area contributed by atoms with Crippen LogP contribution in [0.2, 0.25) is 0 Å². The first-order valence-corrected chi connectivity index (χ1v) is 3.67.